The van der Waals surface area contributed by atoms with Crippen molar-refractivity contribution in [3.63, 3.8) is 0 Å². The lowest BCUT2D eigenvalue weighted by Crippen LogP contribution is -2.39. The number of ketones is 2. The molecule has 0 atom stereocenters. The van der Waals surface area contributed by atoms with Crippen LogP contribution in [0.3, 0.4) is 0 Å². The van der Waals surface area contributed by atoms with Crippen molar-refractivity contribution in [3.8, 4) is 5.75 Å². The van der Waals surface area contributed by atoms with Gasteiger partial charge in [-0.1, -0.05) is 12.1 Å². The molecule has 5 rings (SSSR count). The number of non-ortho nitro benzene ring substituents is 1. The van der Waals surface area contributed by atoms with E-state index >= 15 is 0 Å². The minimum Gasteiger partial charge on any atom is -0.489 e. The number of carboxylic acid groups (broad SMARTS) is 1. The van der Waals surface area contributed by atoms with Crippen LogP contribution in [0.4, 0.5) is 5.69 Å². The molecule has 0 spiro atoms. The molecule has 9 nitrogen and oxygen atoms in total. The fraction of sp³-hybridized carbons (Fsp3) is 0.345. The third kappa shape index (κ3) is 4.96. The summed E-state index contributed by atoms with van der Waals surface area (Å²) in [7, 11) is 0. The third-order valence-electron chi connectivity index (χ3n) is 7.40. The van der Waals surface area contributed by atoms with Crippen molar-refractivity contribution in [1.29, 1.82) is 0 Å². The summed E-state index contributed by atoms with van der Waals surface area (Å²) in [6.45, 7) is 0.483. The molecule has 1 N–H and O–H groups in total. The van der Waals surface area contributed by atoms with Crippen LogP contribution in [0.5, 0.6) is 5.75 Å². The van der Waals surface area contributed by atoms with Gasteiger partial charge in [0.05, 0.1) is 11.3 Å². The molecule has 2 aromatic rings. The van der Waals surface area contributed by atoms with Crippen molar-refractivity contribution in [2.75, 3.05) is 6.54 Å². The molecule has 3 aliphatic rings. The number of nitro groups is 1. The van der Waals surface area contributed by atoms with Gasteiger partial charge < -0.3 is 14.7 Å². The van der Waals surface area contributed by atoms with Crippen LogP contribution < -0.4 is 4.74 Å². The van der Waals surface area contributed by atoms with E-state index in [0.717, 1.165) is 22.5 Å². The number of benzene rings is 2. The Morgan fingerprint density at radius 3 is 2.03 bits per heavy atom. The number of carbonyl (C=O) groups is 3. The second-order valence-electron chi connectivity index (χ2n) is 9.78. The quantitative estimate of drug-likeness (QED) is 0.381. The molecule has 0 aromatic heterocycles. The van der Waals surface area contributed by atoms with Gasteiger partial charge in [-0.2, -0.15) is 0 Å². The van der Waals surface area contributed by atoms with Gasteiger partial charge in [0.1, 0.15) is 12.4 Å². The van der Waals surface area contributed by atoms with Gasteiger partial charge in [-0.25, -0.2) is 0 Å². The van der Waals surface area contributed by atoms with Crippen LogP contribution in [0.15, 0.2) is 71.1 Å². The molecule has 0 saturated carbocycles. The predicted octanol–water partition coefficient (Wildman–Crippen LogP) is 5.06. The van der Waals surface area contributed by atoms with Crippen LogP contribution in [-0.4, -0.2) is 39.0 Å². The number of nitrogens with zero attached hydrogens (tertiary/aromatic N) is 2. The average molecular weight is 517 g/mol. The van der Waals surface area contributed by atoms with E-state index < -0.39 is 16.8 Å². The Balaban J connectivity index is 1.44. The molecule has 2 aliphatic carbocycles. The fourth-order valence-corrected chi connectivity index (χ4v) is 5.66. The maximum absolute atomic E-state index is 13.3. The van der Waals surface area contributed by atoms with E-state index in [1.807, 2.05) is 17.0 Å². The van der Waals surface area contributed by atoms with Gasteiger partial charge in [0, 0.05) is 60.0 Å². The molecule has 0 bridgehead atoms. The Bertz CT molecular complexity index is 1310. The largest absolute Gasteiger partial charge is 0.489 e. The molecule has 9 heteroatoms. The molecule has 0 radical (unpaired) electrons. The van der Waals surface area contributed by atoms with Crippen LogP contribution in [-0.2, 0) is 21.0 Å². The molecule has 0 fully saturated rings. The first kappa shape index (κ1) is 25.4. The zero-order valence-corrected chi connectivity index (χ0v) is 20.9. The van der Waals surface area contributed by atoms with E-state index in [0.29, 0.717) is 55.4 Å². The molecule has 196 valence electrons. The highest BCUT2D eigenvalue weighted by Gasteiger charge is 2.43. The van der Waals surface area contributed by atoms with Crippen LogP contribution in [0.1, 0.15) is 62.0 Å². The number of carboxylic acids is 1. The maximum Gasteiger partial charge on any atom is 0.305 e. The zero-order valence-electron chi connectivity index (χ0n) is 20.9. The average Bonchev–Trinajstić information content (AvgIpc) is 2.91. The Hall–Kier alpha value is -4.27. The first-order chi connectivity index (χ1) is 18.3. The number of allylic oxidation sites excluding steroid dienone is 4. The van der Waals surface area contributed by atoms with E-state index in [9.17, 15) is 29.6 Å². The van der Waals surface area contributed by atoms with Gasteiger partial charge in [0.15, 0.2) is 11.6 Å². The molecular weight excluding hydrogens is 488 g/mol. The van der Waals surface area contributed by atoms with E-state index in [1.54, 1.807) is 24.3 Å². The Labute approximate surface area is 219 Å². The minimum atomic E-state index is -0.912. The second-order valence-corrected chi connectivity index (χ2v) is 9.78. The molecule has 0 amide bonds. The molecule has 38 heavy (non-hydrogen) atoms. The summed E-state index contributed by atoms with van der Waals surface area (Å²) in [5, 5.41) is 20.2. The van der Waals surface area contributed by atoms with Crippen LogP contribution in [0.25, 0.3) is 0 Å². The number of rotatable bonds is 8. The molecule has 1 heterocycles. The van der Waals surface area contributed by atoms with Crippen molar-refractivity contribution in [2.45, 2.75) is 57.5 Å². The lowest BCUT2D eigenvalue weighted by molar-refractivity contribution is -0.384. The Morgan fingerprint density at radius 1 is 0.921 bits per heavy atom. The van der Waals surface area contributed by atoms with Gasteiger partial charge in [0.25, 0.3) is 5.69 Å². The Kier molecular flexibility index (Phi) is 7.09. The van der Waals surface area contributed by atoms with Crippen molar-refractivity contribution < 1.29 is 29.2 Å². The van der Waals surface area contributed by atoms with Crippen molar-refractivity contribution in [2.24, 2.45) is 0 Å². The molecule has 0 unspecified atom stereocenters. The maximum atomic E-state index is 13.3. The first-order valence-corrected chi connectivity index (χ1v) is 12.8. The van der Waals surface area contributed by atoms with Crippen LogP contribution >= 0.6 is 0 Å². The second kappa shape index (κ2) is 10.6. The van der Waals surface area contributed by atoms with Crippen molar-refractivity contribution in [1.82, 2.24) is 4.90 Å². The lowest BCUT2D eigenvalue weighted by atomic mass is 9.71. The standard InChI is InChI=1S/C29H28N2O7/c32-24-5-1-3-22-28(24)27(29-23(4-2-6-25(29)33)30(22)16-15-26(34)35)19-9-13-21(14-10-19)38-17-18-7-11-20(12-8-18)31(36)37/h7-14,27H,1-6,15-17H2,(H,34,35). The van der Waals surface area contributed by atoms with E-state index in [4.69, 9.17) is 4.74 Å². The number of nitro benzene ring substituents is 1. The van der Waals surface area contributed by atoms with Gasteiger partial charge in [-0.15, -0.1) is 0 Å². The topological polar surface area (TPSA) is 127 Å². The SMILES string of the molecule is O=C(O)CCN1C2=C(C(=O)CCC2)C(c2ccc(OCc3ccc([N+](=O)[O-])cc3)cc2)C2=C1CCCC2=O. The van der Waals surface area contributed by atoms with E-state index in [-0.39, 0.29) is 36.8 Å². The molecular formula is C29H28N2O7. The van der Waals surface area contributed by atoms with Gasteiger partial charge >= 0.3 is 5.97 Å². The van der Waals surface area contributed by atoms with Crippen LogP contribution in [0, 0.1) is 10.1 Å². The Morgan fingerprint density at radius 2 is 1.50 bits per heavy atom. The minimum absolute atomic E-state index is 0.0139. The highest BCUT2D eigenvalue weighted by atomic mass is 16.6. The summed E-state index contributed by atoms with van der Waals surface area (Å²) in [6.07, 6.45) is 3.53. The molecule has 2 aromatic carbocycles. The highest BCUT2D eigenvalue weighted by molar-refractivity contribution is 6.06. The number of carbonyl (C=O) groups excluding carboxylic acids is 2. The summed E-state index contributed by atoms with van der Waals surface area (Å²) >= 11 is 0. The zero-order chi connectivity index (χ0) is 26.8. The van der Waals surface area contributed by atoms with Gasteiger partial charge in [-0.05, 0) is 61.1 Å². The summed E-state index contributed by atoms with van der Waals surface area (Å²) < 4.78 is 5.87. The van der Waals surface area contributed by atoms with Gasteiger partial charge in [-0.3, -0.25) is 24.5 Å². The molecule has 0 saturated heterocycles. The summed E-state index contributed by atoms with van der Waals surface area (Å²) in [6, 6.07) is 13.5. The van der Waals surface area contributed by atoms with Crippen molar-refractivity contribution >= 4 is 23.2 Å². The number of ether oxygens (including phenoxy) is 1. The number of aliphatic carboxylic acids is 1. The monoisotopic (exact) mass is 516 g/mol. The number of hydrogen-bond donors (Lipinski definition) is 1. The molecule has 1 aliphatic heterocycles. The predicted molar refractivity (Wildman–Crippen MR) is 137 cm³/mol. The van der Waals surface area contributed by atoms with Crippen LogP contribution in [0.2, 0.25) is 0 Å². The fourth-order valence-electron chi connectivity index (χ4n) is 5.66. The summed E-state index contributed by atoms with van der Waals surface area (Å²) in [4.78, 5) is 50.2. The summed E-state index contributed by atoms with van der Waals surface area (Å²) in [5.41, 5.74) is 4.60. The third-order valence-corrected chi connectivity index (χ3v) is 7.40. The number of Topliss-reactive ketones (excluding diaryl/α,β-unsaturated/α-hetero) is 2. The van der Waals surface area contributed by atoms with Crippen molar-refractivity contribution in [3.05, 3.63) is 92.3 Å². The lowest BCUT2D eigenvalue weighted by Gasteiger charge is -2.44. The van der Waals surface area contributed by atoms with Gasteiger partial charge in [0.2, 0.25) is 0 Å². The highest BCUT2D eigenvalue weighted by Crippen LogP contribution is 2.49. The van der Waals surface area contributed by atoms with E-state index in [2.05, 4.69) is 0 Å². The summed E-state index contributed by atoms with van der Waals surface area (Å²) in [5.74, 6) is -0.755. The normalized spacial score (nSPS) is 17.8. The first-order valence-electron chi connectivity index (χ1n) is 12.8. The van der Waals surface area contributed by atoms with E-state index in [1.165, 1.54) is 12.1 Å². The smallest absolute Gasteiger partial charge is 0.305 e. The number of hydrogen-bond acceptors (Lipinski definition) is 7.